The highest BCUT2D eigenvalue weighted by molar-refractivity contribution is 7.89. The quantitative estimate of drug-likeness (QED) is 0.399. The molecule has 8 heteroatoms. The minimum absolute atomic E-state index is 0.00194. The zero-order valence-electron chi connectivity index (χ0n) is 8.19. The second-order valence-corrected chi connectivity index (χ2v) is 4.85. The first kappa shape index (κ1) is 11.7. The molecule has 0 amide bonds. The number of aromatic nitrogens is 2. The average Bonchev–Trinajstić information content (AvgIpc) is 2.51. The second kappa shape index (κ2) is 4.41. The van der Waals surface area contributed by atoms with Crippen LogP contribution in [0.2, 0.25) is 0 Å². The Bertz CT molecular complexity index is 424. The van der Waals surface area contributed by atoms with Crippen molar-refractivity contribution < 1.29 is 8.42 Å². The molecule has 1 unspecified atom stereocenters. The molecule has 0 spiro atoms. The Kier molecular flexibility index (Phi) is 3.43. The lowest BCUT2D eigenvalue weighted by atomic mass is 10.2. The molecule has 0 fully saturated rings. The molecule has 15 heavy (non-hydrogen) atoms. The maximum absolute atomic E-state index is 11.6. The van der Waals surface area contributed by atoms with Crippen LogP contribution in [0.1, 0.15) is 13.3 Å². The summed E-state index contributed by atoms with van der Waals surface area (Å²) in [6.07, 6.45) is 1.53. The summed E-state index contributed by atoms with van der Waals surface area (Å²) < 4.78 is 25.6. The van der Waals surface area contributed by atoms with E-state index in [-0.39, 0.29) is 17.3 Å². The van der Waals surface area contributed by atoms with E-state index >= 15 is 0 Å². The van der Waals surface area contributed by atoms with E-state index in [1.54, 1.807) is 6.92 Å². The molecule has 0 aliphatic carbocycles. The van der Waals surface area contributed by atoms with Gasteiger partial charge in [-0.25, -0.2) is 13.1 Å². The van der Waals surface area contributed by atoms with Gasteiger partial charge >= 0.3 is 0 Å². The highest BCUT2D eigenvalue weighted by Crippen LogP contribution is 2.04. The second-order valence-electron chi connectivity index (χ2n) is 3.17. The maximum atomic E-state index is 11.6. The summed E-state index contributed by atoms with van der Waals surface area (Å²) in [4.78, 5) is 0. The molecular formula is C7H13N5O2S. The van der Waals surface area contributed by atoms with E-state index in [4.69, 9.17) is 11.1 Å². The van der Waals surface area contributed by atoms with Gasteiger partial charge in [0.15, 0.2) is 5.03 Å². The van der Waals surface area contributed by atoms with Crippen LogP contribution in [0.15, 0.2) is 17.3 Å². The third-order valence-corrected chi connectivity index (χ3v) is 3.17. The Morgan fingerprint density at radius 2 is 2.47 bits per heavy atom. The summed E-state index contributed by atoms with van der Waals surface area (Å²) in [5, 5.41) is 12.9. The van der Waals surface area contributed by atoms with E-state index < -0.39 is 16.1 Å². The lowest BCUT2D eigenvalue weighted by Gasteiger charge is -2.11. The smallest absolute Gasteiger partial charge is 0.257 e. The van der Waals surface area contributed by atoms with Gasteiger partial charge in [-0.05, 0) is 13.0 Å². The van der Waals surface area contributed by atoms with Gasteiger partial charge in [-0.15, -0.1) is 0 Å². The zero-order valence-corrected chi connectivity index (χ0v) is 9.00. The lowest BCUT2D eigenvalue weighted by Crippen LogP contribution is -2.35. The first-order chi connectivity index (χ1) is 6.92. The third kappa shape index (κ3) is 3.33. The summed E-state index contributed by atoms with van der Waals surface area (Å²) in [6, 6.07) is 0.929. The Hall–Kier alpha value is -1.41. The fourth-order valence-corrected chi connectivity index (χ4v) is 2.25. The summed E-state index contributed by atoms with van der Waals surface area (Å²) in [6.45, 7) is 1.63. The van der Waals surface area contributed by atoms with Gasteiger partial charge in [0.1, 0.15) is 0 Å². The average molecular weight is 231 g/mol. The highest BCUT2D eigenvalue weighted by Gasteiger charge is 2.18. The van der Waals surface area contributed by atoms with Crippen molar-refractivity contribution in [2.45, 2.75) is 24.4 Å². The van der Waals surface area contributed by atoms with Gasteiger partial charge < -0.3 is 5.73 Å². The van der Waals surface area contributed by atoms with E-state index in [9.17, 15) is 8.42 Å². The molecule has 0 saturated heterocycles. The van der Waals surface area contributed by atoms with E-state index in [1.807, 2.05) is 0 Å². The van der Waals surface area contributed by atoms with Gasteiger partial charge in [0.2, 0.25) is 0 Å². The number of hydrogen-bond donors (Lipinski definition) is 4. The molecule has 5 N–H and O–H groups in total. The van der Waals surface area contributed by atoms with E-state index in [2.05, 4.69) is 14.9 Å². The van der Waals surface area contributed by atoms with E-state index in [1.165, 1.54) is 12.3 Å². The molecular weight excluding hydrogens is 218 g/mol. The van der Waals surface area contributed by atoms with Crippen LogP contribution < -0.4 is 10.5 Å². The number of rotatable bonds is 5. The maximum Gasteiger partial charge on any atom is 0.257 e. The van der Waals surface area contributed by atoms with Crippen molar-refractivity contribution in [1.29, 1.82) is 5.41 Å². The minimum atomic E-state index is -3.58. The van der Waals surface area contributed by atoms with Crippen molar-refractivity contribution in [3.05, 3.63) is 12.3 Å². The fourth-order valence-electron chi connectivity index (χ4n) is 1.09. The number of nitrogens with zero attached hydrogens (tertiary/aromatic N) is 1. The van der Waals surface area contributed by atoms with Gasteiger partial charge in [0.05, 0.1) is 12.0 Å². The topological polar surface area (TPSA) is 125 Å². The largest absolute Gasteiger partial charge is 0.388 e. The summed E-state index contributed by atoms with van der Waals surface area (Å²) in [5.74, 6) is -0.0604. The molecule has 1 rings (SSSR count). The molecule has 0 aliphatic heterocycles. The first-order valence-corrected chi connectivity index (χ1v) is 5.75. The van der Waals surface area contributed by atoms with Gasteiger partial charge in [-0.2, -0.15) is 5.10 Å². The van der Waals surface area contributed by atoms with E-state index in [0.717, 1.165) is 0 Å². The number of nitrogens with one attached hydrogen (secondary N) is 3. The van der Waals surface area contributed by atoms with Crippen molar-refractivity contribution in [3.8, 4) is 0 Å². The standard InChI is InChI=1S/C7H13N5O2S/c1-5(4-6(8)9)12-15(13,14)7-2-3-10-11-7/h2-3,5,12H,4H2,1H3,(H3,8,9)(H,10,11). The summed E-state index contributed by atoms with van der Waals surface area (Å²) in [7, 11) is -3.58. The van der Waals surface area contributed by atoms with E-state index in [0.29, 0.717) is 0 Å². The molecule has 0 bridgehead atoms. The van der Waals surface area contributed by atoms with Crippen LogP contribution in [0, 0.1) is 5.41 Å². The number of aromatic amines is 1. The summed E-state index contributed by atoms with van der Waals surface area (Å²) >= 11 is 0. The third-order valence-electron chi connectivity index (χ3n) is 1.65. The molecule has 0 radical (unpaired) electrons. The van der Waals surface area contributed by atoms with Crippen LogP contribution in [-0.2, 0) is 10.0 Å². The van der Waals surface area contributed by atoms with Crippen LogP contribution in [0.5, 0.6) is 0 Å². The normalized spacial score (nSPS) is 13.7. The van der Waals surface area contributed by atoms with Crippen molar-refractivity contribution in [2.24, 2.45) is 5.73 Å². The lowest BCUT2D eigenvalue weighted by molar-refractivity contribution is 0.560. The summed E-state index contributed by atoms with van der Waals surface area (Å²) in [5.41, 5.74) is 5.16. The molecule has 0 saturated carbocycles. The monoisotopic (exact) mass is 231 g/mol. The number of nitrogens with two attached hydrogens (primary N) is 1. The van der Waals surface area contributed by atoms with Gasteiger partial charge in [-0.3, -0.25) is 10.5 Å². The molecule has 84 valence electrons. The van der Waals surface area contributed by atoms with Crippen LogP contribution in [0.3, 0.4) is 0 Å². The predicted octanol–water partition coefficient (Wildman–Crippen LogP) is -0.597. The number of sulfonamides is 1. The van der Waals surface area contributed by atoms with Crippen LogP contribution in [0.4, 0.5) is 0 Å². The number of amidine groups is 1. The molecule has 1 aromatic heterocycles. The Morgan fingerprint density at radius 3 is 2.93 bits per heavy atom. The molecule has 1 aromatic rings. The van der Waals surface area contributed by atoms with Crippen LogP contribution >= 0.6 is 0 Å². The first-order valence-electron chi connectivity index (χ1n) is 4.26. The Morgan fingerprint density at radius 1 is 1.80 bits per heavy atom. The van der Waals surface area contributed by atoms with Crippen molar-refractivity contribution in [3.63, 3.8) is 0 Å². The van der Waals surface area contributed by atoms with Gasteiger partial charge in [-0.1, -0.05) is 0 Å². The molecule has 1 heterocycles. The fraction of sp³-hybridized carbons (Fsp3) is 0.429. The van der Waals surface area contributed by atoms with Crippen molar-refractivity contribution in [2.75, 3.05) is 0 Å². The van der Waals surface area contributed by atoms with Crippen molar-refractivity contribution >= 4 is 15.9 Å². The highest BCUT2D eigenvalue weighted by atomic mass is 32.2. The van der Waals surface area contributed by atoms with Crippen molar-refractivity contribution in [1.82, 2.24) is 14.9 Å². The van der Waals surface area contributed by atoms with Gasteiger partial charge in [0, 0.05) is 12.5 Å². The number of hydrogen-bond acceptors (Lipinski definition) is 4. The SMILES string of the molecule is CC(CC(=N)N)NS(=O)(=O)c1ccn[nH]1. The van der Waals surface area contributed by atoms with Crippen LogP contribution in [0.25, 0.3) is 0 Å². The van der Waals surface area contributed by atoms with Crippen LogP contribution in [-0.4, -0.2) is 30.5 Å². The molecule has 1 atom stereocenters. The molecule has 0 aliphatic rings. The predicted molar refractivity (Wildman–Crippen MR) is 54.9 cm³/mol. The molecule has 0 aromatic carbocycles. The minimum Gasteiger partial charge on any atom is -0.388 e. The number of H-pyrrole nitrogens is 1. The zero-order chi connectivity index (χ0) is 11.5. The molecule has 7 nitrogen and oxygen atoms in total. The van der Waals surface area contributed by atoms with Gasteiger partial charge in [0.25, 0.3) is 10.0 Å². The Balaban J connectivity index is 2.69. The Labute approximate surface area is 87.6 Å².